The average molecular weight is 424 g/mol. The third-order valence-corrected chi connectivity index (χ3v) is 7.05. The van der Waals surface area contributed by atoms with E-state index in [4.69, 9.17) is 4.74 Å². The van der Waals surface area contributed by atoms with Gasteiger partial charge in [0.15, 0.2) is 0 Å². The van der Waals surface area contributed by atoms with Crippen LogP contribution in [0.1, 0.15) is 43.5 Å². The number of ether oxygens (including phenoxy) is 1. The number of likely N-dealkylation sites (tertiary alicyclic amines) is 1. The van der Waals surface area contributed by atoms with Gasteiger partial charge in [-0.15, -0.1) is 0 Å². The number of amides is 2. The monoisotopic (exact) mass is 423 g/mol. The van der Waals surface area contributed by atoms with Gasteiger partial charge >= 0.3 is 0 Å². The van der Waals surface area contributed by atoms with E-state index in [2.05, 4.69) is 5.32 Å². The number of benzene rings is 1. The van der Waals surface area contributed by atoms with Gasteiger partial charge in [0.25, 0.3) is 5.91 Å². The van der Waals surface area contributed by atoms with Crippen LogP contribution in [0.5, 0.6) is 0 Å². The second kappa shape index (κ2) is 9.23. The van der Waals surface area contributed by atoms with Crippen molar-refractivity contribution in [3.05, 3.63) is 29.8 Å². The molecule has 0 aromatic heterocycles. The molecule has 160 valence electrons. The Morgan fingerprint density at radius 2 is 1.83 bits per heavy atom. The van der Waals surface area contributed by atoms with Crippen molar-refractivity contribution in [3.8, 4) is 0 Å². The summed E-state index contributed by atoms with van der Waals surface area (Å²) in [6.45, 7) is 6.24. The first kappa shape index (κ1) is 21.7. The Morgan fingerprint density at radius 1 is 1.17 bits per heavy atom. The molecular formula is C20H29N3O5S. The highest BCUT2D eigenvalue weighted by Crippen LogP contribution is 2.21. The lowest BCUT2D eigenvalue weighted by atomic mass is 10.2. The molecule has 2 saturated heterocycles. The smallest absolute Gasteiger partial charge is 0.251 e. The van der Waals surface area contributed by atoms with Gasteiger partial charge in [0, 0.05) is 44.7 Å². The first-order valence-corrected chi connectivity index (χ1v) is 11.5. The number of hydrogen-bond donors (Lipinski definition) is 1. The van der Waals surface area contributed by atoms with Gasteiger partial charge in [-0.1, -0.05) is 0 Å². The second-order valence-electron chi connectivity index (χ2n) is 7.70. The van der Waals surface area contributed by atoms with Gasteiger partial charge in [0.2, 0.25) is 15.9 Å². The van der Waals surface area contributed by atoms with E-state index in [0.29, 0.717) is 44.6 Å². The van der Waals surface area contributed by atoms with Crippen molar-refractivity contribution in [3.63, 3.8) is 0 Å². The van der Waals surface area contributed by atoms with E-state index >= 15 is 0 Å². The van der Waals surface area contributed by atoms with Crippen LogP contribution in [-0.4, -0.2) is 74.4 Å². The molecule has 9 heteroatoms. The highest BCUT2D eigenvalue weighted by Gasteiger charge is 2.32. The molecule has 2 unspecified atom stereocenters. The molecule has 0 bridgehead atoms. The summed E-state index contributed by atoms with van der Waals surface area (Å²) in [6.07, 6.45) is 1.90. The summed E-state index contributed by atoms with van der Waals surface area (Å²) < 4.78 is 32.8. The minimum atomic E-state index is -3.62. The molecule has 29 heavy (non-hydrogen) atoms. The van der Waals surface area contributed by atoms with Crippen LogP contribution in [-0.2, 0) is 19.6 Å². The number of nitrogens with zero attached hydrogens (tertiary/aromatic N) is 2. The summed E-state index contributed by atoms with van der Waals surface area (Å²) >= 11 is 0. The van der Waals surface area contributed by atoms with E-state index in [1.54, 1.807) is 0 Å². The summed E-state index contributed by atoms with van der Waals surface area (Å²) in [5, 5.41) is 2.82. The highest BCUT2D eigenvalue weighted by molar-refractivity contribution is 7.89. The Bertz CT molecular complexity index is 830. The third-order valence-electron chi connectivity index (χ3n) is 5.20. The quantitative estimate of drug-likeness (QED) is 0.666. The molecule has 2 aliphatic rings. The Hall–Kier alpha value is -1.97. The Kier molecular flexibility index (Phi) is 6.92. The lowest BCUT2D eigenvalue weighted by molar-refractivity contribution is -0.127. The van der Waals surface area contributed by atoms with E-state index in [1.165, 1.54) is 28.6 Å². The molecule has 1 aromatic carbocycles. The maximum absolute atomic E-state index is 12.9. The predicted octanol–water partition coefficient (Wildman–Crippen LogP) is 1.23. The minimum absolute atomic E-state index is 0.158. The molecule has 2 amide bonds. The molecule has 2 heterocycles. The summed E-state index contributed by atoms with van der Waals surface area (Å²) in [5.74, 6) is -0.0764. The molecule has 8 nitrogen and oxygen atoms in total. The molecule has 2 aliphatic heterocycles. The standard InChI is InChI=1S/C20H29N3O5S/c1-15-13-23(14-16(2)28-15)29(26,27)18-8-6-17(7-9-18)20(25)21-10-4-12-22-11-3-5-19(22)24/h6-9,15-16H,3-5,10-14H2,1-2H3,(H,21,25). The van der Waals surface area contributed by atoms with Crippen LogP contribution in [0.4, 0.5) is 0 Å². The van der Waals surface area contributed by atoms with Crippen LogP contribution in [0.15, 0.2) is 29.2 Å². The molecule has 0 spiro atoms. The molecule has 0 aliphatic carbocycles. The number of nitrogens with one attached hydrogen (secondary N) is 1. The molecular weight excluding hydrogens is 394 g/mol. The normalized spacial score (nSPS) is 23.4. The molecule has 2 atom stereocenters. The van der Waals surface area contributed by atoms with Crippen molar-refractivity contribution in [1.29, 1.82) is 0 Å². The molecule has 1 N–H and O–H groups in total. The van der Waals surface area contributed by atoms with Crippen LogP contribution in [0.25, 0.3) is 0 Å². The first-order valence-electron chi connectivity index (χ1n) is 10.1. The fraction of sp³-hybridized carbons (Fsp3) is 0.600. The number of carbonyl (C=O) groups excluding carboxylic acids is 2. The zero-order valence-electron chi connectivity index (χ0n) is 17.0. The lowest BCUT2D eigenvalue weighted by Gasteiger charge is -2.34. The van der Waals surface area contributed by atoms with E-state index in [9.17, 15) is 18.0 Å². The fourth-order valence-electron chi connectivity index (χ4n) is 3.77. The Labute approximate surface area is 172 Å². The first-order chi connectivity index (χ1) is 13.8. The summed E-state index contributed by atoms with van der Waals surface area (Å²) in [5.41, 5.74) is 0.407. The van der Waals surface area contributed by atoms with E-state index in [-0.39, 0.29) is 28.9 Å². The van der Waals surface area contributed by atoms with Crippen LogP contribution in [0.2, 0.25) is 0 Å². The number of carbonyl (C=O) groups is 2. The minimum Gasteiger partial charge on any atom is -0.373 e. The molecule has 0 saturated carbocycles. The van der Waals surface area contributed by atoms with E-state index in [0.717, 1.165) is 13.0 Å². The summed E-state index contributed by atoms with van der Waals surface area (Å²) in [4.78, 5) is 25.8. The average Bonchev–Trinajstić information content (AvgIpc) is 3.09. The Morgan fingerprint density at radius 3 is 2.41 bits per heavy atom. The predicted molar refractivity (Wildman–Crippen MR) is 108 cm³/mol. The third kappa shape index (κ3) is 5.34. The van der Waals surface area contributed by atoms with Crippen molar-refractivity contribution in [2.24, 2.45) is 0 Å². The lowest BCUT2D eigenvalue weighted by Crippen LogP contribution is -2.48. The van der Waals surface area contributed by atoms with Crippen molar-refractivity contribution in [1.82, 2.24) is 14.5 Å². The molecule has 2 fully saturated rings. The second-order valence-corrected chi connectivity index (χ2v) is 9.64. The van der Waals surface area contributed by atoms with Gasteiger partial charge in [0.05, 0.1) is 17.1 Å². The fourth-order valence-corrected chi connectivity index (χ4v) is 5.36. The number of sulfonamides is 1. The summed E-state index contributed by atoms with van der Waals surface area (Å²) in [6, 6.07) is 5.99. The van der Waals surface area contributed by atoms with Crippen molar-refractivity contribution >= 4 is 21.8 Å². The topological polar surface area (TPSA) is 96.0 Å². The maximum atomic E-state index is 12.9. The van der Waals surface area contributed by atoms with Crippen molar-refractivity contribution in [2.45, 2.75) is 50.2 Å². The molecule has 1 aromatic rings. The zero-order chi connectivity index (χ0) is 21.0. The highest BCUT2D eigenvalue weighted by atomic mass is 32.2. The largest absolute Gasteiger partial charge is 0.373 e. The van der Waals surface area contributed by atoms with Gasteiger partial charge in [-0.25, -0.2) is 8.42 Å². The maximum Gasteiger partial charge on any atom is 0.251 e. The van der Waals surface area contributed by atoms with Gasteiger partial charge in [-0.3, -0.25) is 9.59 Å². The van der Waals surface area contributed by atoms with Crippen LogP contribution < -0.4 is 5.32 Å². The Balaban J connectivity index is 1.53. The van der Waals surface area contributed by atoms with E-state index in [1.807, 2.05) is 18.7 Å². The number of rotatable bonds is 7. The summed E-state index contributed by atoms with van der Waals surface area (Å²) in [7, 11) is -3.62. The zero-order valence-corrected chi connectivity index (χ0v) is 17.8. The van der Waals surface area contributed by atoms with Gasteiger partial charge < -0.3 is 15.0 Å². The molecule has 3 rings (SSSR count). The van der Waals surface area contributed by atoms with Crippen LogP contribution in [0.3, 0.4) is 0 Å². The van der Waals surface area contributed by atoms with Crippen LogP contribution >= 0.6 is 0 Å². The molecule has 0 radical (unpaired) electrons. The van der Waals surface area contributed by atoms with Crippen LogP contribution in [0, 0.1) is 0 Å². The SMILES string of the molecule is CC1CN(S(=O)(=O)c2ccc(C(=O)NCCCN3CCCC3=O)cc2)CC(C)O1. The van der Waals surface area contributed by atoms with Gasteiger partial charge in [-0.2, -0.15) is 4.31 Å². The van der Waals surface area contributed by atoms with Crippen molar-refractivity contribution < 1.29 is 22.7 Å². The van der Waals surface area contributed by atoms with Gasteiger partial charge in [-0.05, 0) is 51.0 Å². The van der Waals surface area contributed by atoms with Gasteiger partial charge in [0.1, 0.15) is 0 Å². The number of morpholine rings is 1. The van der Waals surface area contributed by atoms with Crippen molar-refractivity contribution in [2.75, 3.05) is 32.7 Å². The van der Waals surface area contributed by atoms with E-state index < -0.39 is 10.0 Å². The number of hydrogen-bond acceptors (Lipinski definition) is 5.